The van der Waals surface area contributed by atoms with Crippen molar-refractivity contribution < 1.29 is 22.0 Å². The Bertz CT molecular complexity index is 602. The average Bonchev–Trinajstić information content (AvgIpc) is 2.30. The molecule has 19 heavy (non-hydrogen) atoms. The zero-order valence-electron chi connectivity index (χ0n) is 10.4. The molecule has 0 aliphatic rings. The molecule has 0 saturated heterocycles. The topological polar surface area (TPSA) is 89.3 Å². The highest BCUT2D eigenvalue weighted by Gasteiger charge is 2.21. The Morgan fingerprint density at radius 3 is 2.47 bits per heavy atom. The van der Waals surface area contributed by atoms with Crippen LogP contribution in [0.1, 0.15) is 30.6 Å². The van der Waals surface area contributed by atoms with Crippen LogP contribution in [-0.2, 0) is 10.0 Å². The van der Waals surface area contributed by atoms with Crippen LogP contribution in [0.15, 0.2) is 17.0 Å². The first-order valence-corrected chi connectivity index (χ1v) is 7.04. The second kappa shape index (κ2) is 5.62. The van der Waals surface area contributed by atoms with Crippen molar-refractivity contribution in [2.45, 2.75) is 31.2 Å². The number of primary sulfonamides is 1. The Labute approximate surface area is 109 Å². The first-order valence-electron chi connectivity index (χ1n) is 5.49. The highest BCUT2D eigenvalue weighted by atomic mass is 32.2. The fourth-order valence-corrected chi connectivity index (χ4v) is 1.85. The lowest BCUT2D eigenvalue weighted by molar-refractivity contribution is 0.0934. The molecule has 8 heteroatoms. The van der Waals surface area contributed by atoms with Crippen molar-refractivity contribution in [1.29, 1.82) is 0 Å². The minimum absolute atomic E-state index is 0.256. The summed E-state index contributed by atoms with van der Waals surface area (Å²) in [6.45, 7) is 3.47. The molecule has 106 valence electrons. The van der Waals surface area contributed by atoms with Gasteiger partial charge in [0.2, 0.25) is 10.0 Å². The first-order chi connectivity index (χ1) is 8.66. The largest absolute Gasteiger partial charge is 0.350 e. The Morgan fingerprint density at radius 2 is 2.00 bits per heavy atom. The molecule has 1 aromatic carbocycles. The third kappa shape index (κ3) is 3.71. The maximum atomic E-state index is 13.5. The number of amides is 1. The van der Waals surface area contributed by atoms with Gasteiger partial charge in [0.05, 0.1) is 10.5 Å². The monoisotopic (exact) mass is 292 g/mol. The Hall–Kier alpha value is -1.54. The van der Waals surface area contributed by atoms with Crippen LogP contribution in [0, 0.1) is 11.6 Å². The third-order valence-corrected chi connectivity index (χ3v) is 3.46. The maximum Gasteiger partial charge on any atom is 0.254 e. The highest BCUT2D eigenvalue weighted by Crippen LogP contribution is 2.18. The van der Waals surface area contributed by atoms with E-state index < -0.39 is 38.0 Å². The molecule has 0 heterocycles. The lowest BCUT2D eigenvalue weighted by atomic mass is 10.1. The van der Waals surface area contributed by atoms with E-state index in [0.717, 1.165) is 0 Å². The minimum Gasteiger partial charge on any atom is -0.350 e. The second-order valence-corrected chi connectivity index (χ2v) is 5.66. The Kier molecular flexibility index (Phi) is 4.59. The molecule has 0 spiro atoms. The lowest BCUT2D eigenvalue weighted by Gasteiger charge is -2.12. The van der Waals surface area contributed by atoms with E-state index in [1.165, 1.54) is 0 Å². The van der Waals surface area contributed by atoms with Crippen LogP contribution in [0.5, 0.6) is 0 Å². The van der Waals surface area contributed by atoms with Crippen molar-refractivity contribution in [2.24, 2.45) is 5.14 Å². The van der Waals surface area contributed by atoms with E-state index in [-0.39, 0.29) is 6.04 Å². The normalized spacial score (nSPS) is 13.1. The molecule has 1 aromatic rings. The number of carbonyl (C=O) groups is 1. The molecule has 0 radical (unpaired) electrons. The van der Waals surface area contributed by atoms with Crippen LogP contribution in [0.4, 0.5) is 8.78 Å². The highest BCUT2D eigenvalue weighted by molar-refractivity contribution is 7.89. The standard InChI is InChI=1S/C11H14F2N2O3S/c1-3-6(2)15-11(16)8-4-7(19(14,17)18)5-9(12)10(8)13/h4-6H,3H2,1-2H3,(H,15,16)(H2,14,17,18). The Morgan fingerprint density at radius 1 is 1.42 bits per heavy atom. The number of rotatable bonds is 4. The summed E-state index contributed by atoms with van der Waals surface area (Å²) in [4.78, 5) is 11.1. The second-order valence-electron chi connectivity index (χ2n) is 4.09. The van der Waals surface area contributed by atoms with Gasteiger partial charge in [-0.05, 0) is 25.5 Å². The van der Waals surface area contributed by atoms with Gasteiger partial charge in [-0.25, -0.2) is 22.3 Å². The zero-order valence-corrected chi connectivity index (χ0v) is 11.2. The van der Waals surface area contributed by atoms with Crippen LogP contribution >= 0.6 is 0 Å². The molecule has 1 amide bonds. The molecule has 0 aromatic heterocycles. The summed E-state index contributed by atoms with van der Waals surface area (Å²) in [5, 5.41) is 7.23. The number of nitrogens with two attached hydrogens (primary N) is 1. The van der Waals surface area contributed by atoms with Crippen LogP contribution < -0.4 is 10.5 Å². The van der Waals surface area contributed by atoms with Gasteiger partial charge in [0.25, 0.3) is 5.91 Å². The fraction of sp³-hybridized carbons (Fsp3) is 0.364. The van der Waals surface area contributed by atoms with E-state index in [1.54, 1.807) is 13.8 Å². The molecule has 0 saturated carbocycles. The van der Waals surface area contributed by atoms with Crippen molar-refractivity contribution >= 4 is 15.9 Å². The van der Waals surface area contributed by atoms with Crippen molar-refractivity contribution in [1.82, 2.24) is 5.32 Å². The Balaban J connectivity index is 3.27. The van der Waals surface area contributed by atoms with E-state index in [2.05, 4.69) is 5.32 Å². The van der Waals surface area contributed by atoms with Gasteiger partial charge in [-0.1, -0.05) is 6.92 Å². The summed E-state index contributed by atoms with van der Waals surface area (Å²) in [6.07, 6.45) is 0.588. The number of hydrogen-bond acceptors (Lipinski definition) is 3. The predicted octanol–water partition coefficient (Wildman–Crippen LogP) is 1.14. The molecule has 1 rings (SSSR count). The van der Waals surface area contributed by atoms with Crippen LogP contribution in [0.25, 0.3) is 0 Å². The predicted molar refractivity (Wildman–Crippen MR) is 65.0 cm³/mol. The lowest BCUT2D eigenvalue weighted by Crippen LogP contribution is -2.33. The van der Waals surface area contributed by atoms with Gasteiger partial charge >= 0.3 is 0 Å². The third-order valence-electron chi connectivity index (χ3n) is 2.56. The zero-order chi connectivity index (χ0) is 14.8. The van der Waals surface area contributed by atoms with Crippen molar-refractivity contribution in [2.75, 3.05) is 0 Å². The SMILES string of the molecule is CCC(C)NC(=O)c1cc(S(N)(=O)=O)cc(F)c1F. The van der Waals surface area contributed by atoms with E-state index in [9.17, 15) is 22.0 Å². The number of sulfonamides is 1. The quantitative estimate of drug-likeness (QED) is 0.872. The van der Waals surface area contributed by atoms with Gasteiger partial charge in [-0.15, -0.1) is 0 Å². The van der Waals surface area contributed by atoms with E-state index >= 15 is 0 Å². The number of hydrogen-bond donors (Lipinski definition) is 2. The summed E-state index contributed by atoms with van der Waals surface area (Å²) >= 11 is 0. The molecular weight excluding hydrogens is 278 g/mol. The number of halogens is 2. The van der Waals surface area contributed by atoms with Gasteiger partial charge in [-0.3, -0.25) is 4.79 Å². The molecule has 0 aliphatic heterocycles. The molecular formula is C11H14F2N2O3S. The van der Waals surface area contributed by atoms with Crippen molar-refractivity contribution in [3.05, 3.63) is 29.3 Å². The number of nitrogens with one attached hydrogen (secondary N) is 1. The van der Waals surface area contributed by atoms with Crippen molar-refractivity contribution in [3.8, 4) is 0 Å². The molecule has 0 aliphatic carbocycles. The van der Waals surface area contributed by atoms with Gasteiger partial charge in [0.15, 0.2) is 11.6 Å². The first kappa shape index (κ1) is 15.5. The average molecular weight is 292 g/mol. The smallest absolute Gasteiger partial charge is 0.254 e. The summed E-state index contributed by atoms with van der Waals surface area (Å²) in [5.74, 6) is -3.75. The van der Waals surface area contributed by atoms with Gasteiger partial charge in [0.1, 0.15) is 0 Å². The maximum absolute atomic E-state index is 13.5. The van der Waals surface area contributed by atoms with Gasteiger partial charge < -0.3 is 5.32 Å². The van der Waals surface area contributed by atoms with Gasteiger partial charge in [0, 0.05) is 6.04 Å². The van der Waals surface area contributed by atoms with E-state index in [1.807, 2.05) is 0 Å². The molecule has 1 unspecified atom stereocenters. The molecule has 0 fully saturated rings. The van der Waals surface area contributed by atoms with E-state index in [0.29, 0.717) is 18.6 Å². The molecule has 1 atom stereocenters. The van der Waals surface area contributed by atoms with Crippen molar-refractivity contribution in [3.63, 3.8) is 0 Å². The van der Waals surface area contributed by atoms with Crippen LogP contribution in [0.3, 0.4) is 0 Å². The number of carbonyl (C=O) groups excluding carboxylic acids is 1. The number of benzene rings is 1. The fourth-order valence-electron chi connectivity index (χ4n) is 1.30. The summed E-state index contributed by atoms with van der Waals surface area (Å²) in [7, 11) is -4.22. The summed E-state index contributed by atoms with van der Waals surface area (Å²) < 4.78 is 49.0. The van der Waals surface area contributed by atoms with Gasteiger partial charge in [-0.2, -0.15) is 0 Å². The van der Waals surface area contributed by atoms with E-state index in [4.69, 9.17) is 5.14 Å². The van der Waals surface area contributed by atoms with Crippen LogP contribution in [-0.4, -0.2) is 20.4 Å². The molecule has 3 N–H and O–H groups in total. The summed E-state index contributed by atoms with van der Waals surface area (Å²) in [5.41, 5.74) is -0.690. The minimum atomic E-state index is -4.22. The molecule has 0 bridgehead atoms. The molecule has 5 nitrogen and oxygen atoms in total. The summed E-state index contributed by atoms with van der Waals surface area (Å²) in [6, 6.07) is 0.893. The van der Waals surface area contributed by atoms with Crippen LogP contribution in [0.2, 0.25) is 0 Å².